The van der Waals surface area contributed by atoms with E-state index in [1.165, 1.54) is 11.1 Å². The van der Waals surface area contributed by atoms with Gasteiger partial charge in [0.25, 0.3) is 5.91 Å². The first kappa shape index (κ1) is 19.6. The van der Waals surface area contributed by atoms with E-state index in [0.29, 0.717) is 5.56 Å². The van der Waals surface area contributed by atoms with Crippen molar-refractivity contribution in [3.63, 3.8) is 0 Å². The van der Waals surface area contributed by atoms with Crippen molar-refractivity contribution in [1.82, 2.24) is 15.5 Å². The normalized spacial score (nSPS) is 15.3. The monoisotopic (exact) mass is 429 g/mol. The number of hydrogen-bond donors (Lipinski definition) is 2. The predicted molar refractivity (Wildman–Crippen MR) is 110 cm³/mol. The molecule has 0 saturated carbocycles. The molecule has 0 radical (unpaired) electrons. The zero-order valence-electron chi connectivity index (χ0n) is 15.4. The van der Waals surface area contributed by atoms with E-state index in [1.54, 1.807) is 24.3 Å². The lowest BCUT2D eigenvalue weighted by atomic mass is 10.0. The molecule has 2 aromatic rings. The maximum Gasteiger partial charge on any atom is 0.321 e. The van der Waals surface area contributed by atoms with Crippen molar-refractivity contribution < 1.29 is 9.59 Å². The highest BCUT2D eigenvalue weighted by molar-refractivity contribution is 9.10. The number of nitrogens with zero attached hydrogens (tertiary/aromatic N) is 1. The highest BCUT2D eigenvalue weighted by atomic mass is 79.9. The molecule has 0 spiro atoms. The number of urea groups is 1. The fourth-order valence-corrected chi connectivity index (χ4v) is 3.64. The van der Waals surface area contributed by atoms with Crippen LogP contribution in [0.25, 0.3) is 0 Å². The molecule has 0 atom stereocenters. The van der Waals surface area contributed by atoms with Crippen molar-refractivity contribution in [2.24, 2.45) is 0 Å². The van der Waals surface area contributed by atoms with Gasteiger partial charge in [0.2, 0.25) is 0 Å². The Kier molecular flexibility index (Phi) is 6.63. The summed E-state index contributed by atoms with van der Waals surface area (Å²) in [5.74, 6) is -0.379. The number of halogens is 1. The number of rotatable bonds is 4. The van der Waals surface area contributed by atoms with Gasteiger partial charge in [-0.3, -0.25) is 15.0 Å². The Balaban J connectivity index is 1.43. The third-order valence-electron chi connectivity index (χ3n) is 4.83. The zero-order valence-corrected chi connectivity index (χ0v) is 17.0. The number of carbonyl (C=O) groups excluding carboxylic acids is 2. The Labute approximate surface area is 168 Å². The van der Waals surface area contributed by atoms with Gasteiger partial charge in [-0.15, -0.1) is 0 Å². The molecule has 2 aromatic carbocycles. The Morgan fingerprint density at radius 3 is 2.48 bits per heavy atom. The summed E-state index contributed by atoms with van der Waals surface area (Å²) in [6.45, 7) is 4.83. The third kappa shape index (κ3) is 5.65. The molecule has 0 unspecified atom stereocenters. The minimum atomic E-state index is -0.426. The van der Waals surface area contributed by atoms with E-state index in [-0.39, 0.29) is 11.9 Å². The number of hydrogen-bond acceptors (Lipinski definition) is 3. The maximum absolute atomic E-state index is 12.1. The van der Waals surface area contributed by atoms with Crippen LogP contribution in [0.2, 0.25) is 0 Å². The van der Waals surface area contributed by atoms with Crippen LogP contribution in [-0.4, -0.2) is 36.0 Å². The fourth-order valence-electron chi connectivity index (χ4n) is 3.21. The lowest BCUT2D eigenvalue weighted by Gasteiger charge is -2.32. The summed E-state index contributed by atoms with van der Waals surface area (Å²) >= 11 is 3.58. The van der Waals surface area contributed by atoms with E-state index < -0.39 is 6.03 Å². The van der Waals surface area contributed by atoms with Crippen molar-refractivity contribution in [3.05, 3.63) is 69.7 Å². The number of aryl methyl sites for hydroxylation is 1. The number of amides is 3. The number of benzene rings is 2. The van der Waals surface area contributed by atoms with E-state index in [2.05, 4.69) is 56.6 Å². The first-order valence-corrected chi connectivity index (χ1v) is 9.95. The summed E-state index contributed by atoms with van der Waals surface area (Å²) in [5, 5.41) is 5.31. The van der Waals surface area contributed by atoms with E-state index in [1.807, 2.05) is 6.07 Å². The SMILES string of the molecule is Cc1ccc(CN2CCC(NC(=O)NC(=O)c3ccccc3)CC2)cc1Br. The van der Waals surface area contributed by atoms with Crippen molar-refractivity contribution in [2.45, 2.75) is 32.4 Å². The molecule has 0 aromatic heterocycles. The second-order valence-corrected chi connectivity index (χ2v) is 7.78. The van der Waals surface area contributed by atoms with Gasteiger partial charge >= 0.3 is 6.03 Å². The Bertz CT molecular complexity index is 802. The molecule has 27 heavy (non-hydrogen) atoms. The summed E-state index contributed by atoms with van der Waals surface area (Å²) < 4.78 is 1.14. The molecule has 1 aliphatic heterocycles. The van der Waals surface area contributed by atoms with E-state index in [4.69, 9.17) is 0 Å². The van der Waals surface area contributed by atoms with Crippen molar-refractivity contribution >= 4 is 27.9 Å². The van der Waals surface area contributed by atoms with Crippen LogP contribution in [0.1, 0.15) is 34.3 Å². The second-order valence-electron chi connectivity index (χ2n) is 6.93. The molecule has 3 amide bonds. The van der Waals surface area contributed by atoms with Gasteiger partial charge in [-0.25, -0.2) is 4.79 Å². The van der Waals surface area contributed by atoms with Crippen LogP contribution in [0.3, 0.4) is 0 Å². The number of carbonyl (C=O) groups is 2. The largest absolute Gasteiger partial charge is 0.335 e. The summed E-state index contributed by atoms with van der Waals surface area (Å²) in [7, 11) is 0. The summed E-state index contributed by atoms with van der Waals surface area (Å²) in [4.78, 5) is 26.5. The molecule has 2 N–H and O–H groups in total. The molecule has 5 nitrogen and oxygen atoms in total. The van der Waals surface area contributed by atoms with Crippen LogP contribution in [0.15, 0.2) is 53.0 Å². The van der Waals surface area contributed by atoms with Crippen LogP contribution in [0.4, 0.5) is 4.79 Å². The van der Waals surface area contributed by atoms with Gasteiger partial charge in [0.1, 0.15) is 0 Å². The average Bonchev–Trinajstić information content (AvgIpc) is 2.67. The van der Waals surface area contributed by atoms with Gasteiger partial charge in [-0.1, -0.05) is 46.3 Å². The highest BCUT2D eigenvalue weighted by Crippen LogP contribution is 2.20. The number of piperidine rings is 1. The summed E-state index contributed by atoms with van der Waals surface area (Å²) in [5.41, 5.74) is 2.99. The minimum Gasteiger partial charge on any atom is -0.335 e. The third-order valence-corrected chi connectivity index (χ3v) is 5.68. The number of imide groups is 1. The molecular weight excluding hydrogens is 406 g/mol. The molecule has 3 rings (SSSR count). The molecule has 6 heteroatoms. The molecule has 0 aliphatic carbocycles. The Morgan fingerprint density at radius 2 is 1.81 bits per heavy atom. The minimum absolute atomic E-state index is 0.0922. The first-order valence-electron chi connectivity index (χ1n) is 9.15. The quantitative estimate of drug-likeness (QED) is 0.775. The van der Waals surface area contributed by atoms with Gasteiger partial charge < -0.3 is 5.32 Å². The average molecular weight is 430 g/mol. The Hall–Kier alpha value is -2.18. The molecule has 142 valence electrons. The van der Waals surface area contributed by atoms with Crippen molar-refractivity contribution in [1.29, 1.82) is 0 Å². The Morgan fingerprint density at radius 1 is 1.11 bits per heavy atom. The summed E-state index contributed by atoms with van der Waals surface area (Å²) in [6.07, 6.45) is 1.75. The lowest BCUT2D eigenvalue weighted by Crippen LogP contribution is -2.49. The van der Waals surface area contributed by atoms with Crippen LogP contribution in [0, 0.1) is 6.92 Å². The smallest absolute Gasteiger partial charge is 0.321 e. The maximum atomic E-state index is 12.1. The van der Waals surface area contributed by atoms with Crippen LogP contribution >= 0.6 is 15.9 Å². The fraction of sp³-hybridized carbons (Fsp3) is 0.333. The van der Waals surface area contributed by atoms with Crippen molar-refractivity contribution in [2.75, 3.05) is 13.1 Å². The molecule has 1 saturated heterocycles. The van der Waals surface area contributed by atoms with E-state index in [0.717, 1.165) is 36.9 Å². The van der Waals surface area contributed by atoms with Crippen LogP contribution in [0.5, 0.6) is 0 Å². The number of likely N-dealkylation sites (tertiary alicyclic amines) is 1. The highest BCUT2D eigenvalue weighted by Gasteiger charge is 2.21. The van der Waals surface area contributed by atoms with E-state index >= 15 is 0 Å². The first-order chi connectivity index (χ1) is 13.0. The lowest BCUT2D eigenvalue weighted by molar-refractivity contribution is 0.0962. The molecule has 1 heterocycles. The number of nitrogens with one attached hydrogen (secondary N) is 2. The zero-order chi connectivity index (χ0) is 19.2. The van der Waals surface area contributed by atoms with Gasteiger partial charge in [0.15, 0.2) is 0 Å². The van der Waals surface area contributed by atoms with E-state index in [9.17, 15) is 9.59 Å². The van der Waals surface area contributed by atoms with Gasteiger partial charge in [-0.2, -0.15) is 0 Å². The van der Waals surface area contributed by atoms with Gasteiger partial charge in [0, 0.05) is 35.7 Å². The molecule has 0 bridgehead atoms. The topological polar surface area (TPSA) is 61.4 Å². The van der Waals surface area contributed by atoms with Crippen molar-refractivity contribution in [3.8, 4) is 0 Å². The molecular formula is C21H24BrN3O2. The molecule has 1 aliphatic rings. The van der Waals surface area contributed by atoms with Crippen LogP contribution in [-0.2, 0) is 6.54 Å². The van der Waals surface area contributed by atoms with Gasteiger partial charge in [0.05, 0.1) is 0 Å². The molecule has 1 fully saturated rings. The second kappa shape index (κ2) is 9.15. The van der Waals surface area contributed by atoms with Gasteiger partial charge in [-0.05, 0) is 49.1 Å². The summed E-state index contributed by atoms with van der Waals surface area (Å²) in [6, 6.07) is 14.9. The predicted octanol–water partition coefficient (Wildman–Crippen LogP) is 3.86. The van der Waals surface area contributed by atoms with Crippen LogP contribution < -0.4 is 10.6 Å². The standard InChI is InChI=1S/C21H24BrN3O2/c1-15-7-8-16(13-19(15)22)14-25-11-9-18(10-12-25)23-21(27)24-20(26)17-5-3-2-4-6-17/h2-8,13,18H,9-12,14H2,1H3,(H2,23,24,26,27).